The van der Waals surface area contributed by atoms with Gasteiger partial charge in [0.05, 0.1) is 11.7 Å². The monoisotopic (exact) mass is 230 g/mol. The summed E-state index contributed by atoms with van der Waals surface area (Å²) in [4.78, 5) is 6.87. The van der Waals surface area contributed by atoms with Crippen LogP contribution in [0.15, 0.2) is 24.4 Å². The van der Waals surface area contributed by atoms with Gasteiger partial charge in [-0.2, -0.15) is 0 Å². The summed E-state index contributed by atoms with van der Waals surface area (Å²) in [6.07, 6.45) is 1.94. The van der Waals surface area contributed by atoms with Gasteiger partial charge in [-0.25, -0.2) is 4.98 Å². The molecule has 0 atom stereocenters. The molecule has 0 aromatic carbocycles. The number of hydrogen-bond acceptors (Lipinski definition) is 3. The minimum absolute atomic E-state index is 1.01. The van der Waals surface area contributed by atoms with Crippen LogP contribution in [0.5, 0.6) is 0 Å². The summed E-state index contributed by atoms with van der Waals surface area (Å²) < 4.78 is 2.25. The van der Waals surface area contributed by atoms with Crippen LogP contribution in [0.3, 0.4) is 0 Å². The number of nitrogens with one attached hydrogen (secondary N) is 1. The lowest BCUT2D eigenvalue weighted by molar-refractivity contribution is 0.230. The Labute approximate surface area is 101 Å². The number of hydrogen-bond donors (Lipinski definition) is 1. The van der Waals surface area contributed by atoms with Gasteiger partial charge in [0.1, 0.15) is 5.82 Å². The van der Waals surface area contributed by atoms with Gasteiger partial charge in [-0.3, -0.25) is 9.30 Å². The molecule has 3 heterocycles. The van der Waals surface area contributed by atoms with Crippen LogP contribution in [0, 0.1) is 6.92 Å². The number of imidazole rings is 1. The first-order valence-corrected chi connectivity index (χ1v) is 6.19. The molecule has 0 unspecified atom stereocenters. The van der Waals surface area contributed by atoms with Crippen molar-refractivity contribution in [1.29, 1.82) is 0 Å². The number of piperazine rings is 1. The van der Waals surface area contributed by atoms with E-state index in [2.05, 4.69) is 44.7 Å². The van der Waals surface area contributed by atoms with Crippen molar-refractivity contribution in [2.24, 2.45) is 0 Å². The molecule has 0 radical (unpaired) electrons. The van der Waals surface area contributed by atoms with Crippen LogP contribution in [0.1, 0.15) is 11.5 Å². The van der Waals surface area contributed by atoms with Gasteiger partial charge >= 0.3 is 0 Å². The van der Waals surface area contributed by atoms with Gasteiger partial charge in [-0.05, 0) is 19.1 Å². The number of aryl methyl sites for hydroxylation is 1. The Morgan fingerprint density at radius 1 is 1.29 bits per heavy atom. The van der Waals surface area contributed by atoms with Crippen molar-refractivity contribution in [3.05, 3.63) is 35.9 Å². The minimum atomic E-state index is 1.01. The second-order valence-corrected chi connectivity index (χ2v) is 4.61. The smallest absolute Gasteiger partial charge is 0.110 e. The third kappa shape index (κ3) is 2.06. The molecule has 0 aliphatic carbocycles. The molecule has 0 amide bonds. The molecule has 4 heteroatoms. The van der Waals surface area contributed by atoms with Crippen molar-refractivity contribution >= 4 is 5.52 Å². The van der Waals surface area contributed by atoms with E-state index in [9.17, 15) is 0 Å². The molecular weight excluding hydrogens is 212 g/mol. The Kier molecular flexibility index (Phi) is 2.82. The van der Waals surface area contributed by atoms with Crippen LogP contribution in [-0.2, 0) is 6.54 Å². The lowest BCUT2D eigenvalue weighted by Crippen LogP contribution is -2.43. The van der Waals surface area contributed by atoms with E-state index >= 15 is 0 Å². The van der Waals surface area contributed by atoms with E-state index in [1.165, 1.54) is 11.2 Å². The zero-order valence-corrected chi connectivity index (χ0v) is 10.2. The van der Waals surface area contributed by atoms with E-state index in [1.807, 2.05) is 6.20 Å². The van der Waals surface area contributed by atoms with E-state index < -0.39 is 0 Å². The standard InChI is InChI=1S/C13H18N4/c1-11-15-9-12-3-2-4-13(17(11)12)10-16-7-5-14-6-8-16/h2-4,9,14H,5-8,10H2,1H3. The average molecular weight is 230 g/mol. The number of rotatable bonds is 2. The third-order valence-corrected chi connectivity index (χ3v) is 3.40. The van der Waals surface area contributed by atoms with Crippen LogP contribution in [0.4, 0.5) is 0 Å². The van der Waals surface area contributed by atoms with Crippen molar-refractivity contribution in [3.63, 3.8) is 0 Å². The van der Waals surface area contributed by atoms with Crippen molar-refractivity contribution in [3.8, 4) is 0 Å². The zero-order chi connectivity index (χ0) is 11.7. The van der Waals surface area contributed by atoms with Gasteiger partial charge in [-0.1, -0.05) is 6.07 Å². The topological polar surface area (TPSA) is 32.6 Å². The van der Waals surface area contributed by atoms with Crippen molar-refractivity contribution < 1.29 is 0 Å². The van der Waals surface area contributed by atoms with Gasteiger partial charge in [0.25, 0.3) is 0 Å². The highest BCUT2D eigenvalue weighted by Crippen LogP contribution is 2.12. The average Bonchev–Trinajstić information content (AvgIpc) is 2.74. The molecule has 1 N–H and O–H groups in total. The number of fused-ring (bicyclic) bond motifs is 1. The lowest BCUT2D eigenvalue weighted by Gasteiger charge is -2.27. The van der Waals surface area contributed by atoms with Crippen molar-refractivity contribution in [2.45, 2.75) is 13.5 Å². The van der Waals surface area contributed by atoms with Gasteiger partial charge in [0, 0.05) is 38.4 Å². The maximum absolute atomic E-state index is 4.38. The number of nitrogens with zero attached hydrogens (tertiary/aromatic N) is 3. The fraction of sp³-hybridized carbons (Fsp3) is 0.462. The first kappa shape index (κ1) is 10.7. The summed E-state index contributed by atoms with van der Waals surface area (Å²) in [5, 5.41) is 3.38. The number of aromatic nitrogens is 2. The van der Waals surface area contributed by atoms with Crippen LogP contribution in [-0.4, -0.2) is 40.5 Å². The molecule has 0 spiro atoms. The Morgan fingerprint density at radius 3 is 2.94 bits per heavy atom. The maximum Gasteiger partial charge on any atom is 0.110 e. The van der Waals surface area contributed by atoms with Gasteiger partial charge < -0.3 is 5.32 Å². The summed E-state index contributed by atoms with van der Waals surface area (Å²) in [6.45, 7) is 7.52. The molecule has 2 aromatic heterocycles. The fourth-order valence-electron chi connectivity index (χ4n) is 2.51. The highest BCUT2D eigenvalue weighted by molar-refractivity contribution is 5.47. The van der Waals surface area contributed by atoms with E-state index in [4.69, 9.17) is 0 Å². The Morgan fingerprint density at radius 2 is 2.12 bits per heavy atom. The molecule has 0 saturated carbocycles. The van der Waals surface area contributed by atoms with Crippen molar-refractivity contribution in [1.82, 2.24) is 19.6 Å². The summed E-state index contributed by atoms with van der Waals surface area (Å²) >= 11 is 0. The highest BCUT2D eigenvalue weighted by Gasteiger charge is 2.12. The molecule has 90 valence electrons. The molecule has 1 aliphatic heterocycles. The SMILES string of the molecule is Cc1ncc2cccc(CN3CCNCC3)n12. The molecule has 1 fully saturated rings. The van der Waals surface area contributed by atoms with E-state index in [-0.39, 0.29) is 0 Å². The summed E-state index contributed by atoms with van der Waals surface area (Å²) in [6, 6.07) is 6.43. The first-order valence-electron chi connectivity index (χ1n) is 6.19. The van der Waals surface area contributed by atoms with Crippen molar-refractivity contribution in [2.75, 3.05) is 26.2 Å². The highest BCUT2D eigenvalue weighted by atomic mass is 15.2. The summed E-state index contributed by atoms with van der Waals surface area (Å²) in [5.41, 5.74) is 2.52. The van der Waals surface area contributed by atoms with Crippen LogP contribution >= 0.6 is 0 Å². The van der Waals surface area contributed by atoms with Gasteiger partial charge in [-0.15, -0.1) is 0 Å². The Bertz CT molecular complexity index is 511. The maximum atomic E-state index is 4.38. The fourth-order valence-corrected chi connectivity index (χ4v) is 2.51. The molecular formula is C13H18N4. The molecule has 0 bridgehead atoms. The largest absolute Gasteiger partial charge is 0.314 e. The third-order valence-electron chi connectivity index (χ3n) is 3.40. The predicted octanol–water partition coefficient (Wildman–Crippen LogP) is 1.05. The summed E-state index contributed by atoms with van der Waals surface area (Å²) in [7, 11) is 0. The van der Waals surface area contributed by atoms with E-state index in [0.29, 0.717) is 0 Å². The van der Waals surface area contributed by atoms with Crippen LogP contribution in [0.25, 0.3) is 5.52 Å². The molecule has 2 aromatic rings. The molecule has 1 aliphatic rings. The normalized spacial score (nSPS) is 17.7. The van der Waals surface area contributed by atoms with E-state index in [0.717, 1.165) is 38.5 Å². The molecule has 4 nitrogen and oxygen atoms in total. The van der Waals surface area contributed by atoms with E-state index in [1.54, 1.807) is 0 Å². The quantitative estimate of drug-likeness (QED) is 0.837. The molecule has 1 saturated heterocycles. The molecule has 17 heavy (non-hydrogen) atoms. The second-order valence-electron chi connectivity index (χ2n) is 4.61. The first-order chi connectivity index (χ1) is 8.34. The minimum Gasteiger partial charge on any atom is -0.314 e. The second kappa shape index (κ2) is 4.47. The Hall–Kier alpha value is -1.39. The van der Waals surface area contributed by atoms with Gasteiger partial charge in [0.15, 0.2) is 0 Å². The van der Waals surface area contributed by atoms with Gasteiger partial charge in [0.2, 0.25) is 0 Å². The number of pyridine rings is 1. The lowest BCUT2D eigenvalue weighted by atomic mass is 10.2. The predicted molar refractivity (Wildman–Crippen MR) is 68.1 cm³/mol. The zero-order valence-electron chi connectivity index (χ0n) is 10.2. The summed E-state index contributed by atoms with van der Waals surface area (Å²) in [5.74, 6) is 1.07. The molecule has 3 rings (SSSR count). The Balaban J connectivity index is 1.91. The van der Waals surface area contributed by atoms with Crippen LogP contribution in [0.2, 0.25) is 0 Å². The van der Waals surface area contributed by atoms with Crippen LogP contribution < -0.4 is 5.32 Å².